The van der Waals surface area contributed by atoms with Crippen molar-refractivity contribution in [2.75, 3.05) is 18.0 Å². The lowest BCUT2D eigenvalue weighted by Gasteiger charge is -2.47. The van der Waals surface area contributed by atoms with E-state index >= 15 is 0 Å². The Kier molecular flexibility index (Phi) is 3.60. The molecule has 0 saturated heterocycles. The fourth-order valence-corrected chi connectivity index (χ4v) is 4.79. The van der Waals surface area contributed by atoms with Crippen molar-refractivity contribution in [2.45, 2.75) is 25.0 Å². The zero-order chi connectivity index (χ0) is 19.4. The molecule has 2 heterocycles. The van der Waals surface area contributed by atoms with E-state index in [0.29, 0.717) is 6.54 Å². The molecular weight excluding hydrogens is 348 g/mol. The van der Waals surface area contributed by atoms with Gasteiger partial charge in [-0.2, -0.15) is 4.91 Å². The van der Waals surface area contributed by atoms with Crippen LogP contribution in [0.5, 0.6) is 5.75 Å². The first kappa shape index (κ1) is 17.0. The third-order valence-electron chi connectivity index (χ3n) is 6.25. The quantitative estimate of drug-likeness (QED) is 0.571. The van der Waals surface area contributed by atoms with Gasteiger partial charge in [0.25, 0.3) is 0 Å². The highest BCUT2D eigenvalue weighted by Gasteiger charge is 2.58. The maximum atomic E-state index is 10.9. The summed E-state index contributed by atoms with van der Waals surface area (Å²) >= 11 is 0. The van der Waals surface area contributed by atoms with Crippen molar-refractivity contribution in [3.63, 3.8) is 0 Å². The second kappa shape index (κ2) is 5.93. The summed E-state index contributed by atoms with van der Waals surface area (Å²) in [7, 11) is 0. The molecular formula is C24H22N2O2. The van der Waals surface area contributed by atoms with E-state index in [4.69, 9.17) is 4.74 Å². The van der Waals surface area contributed by atoms with Gasteiger partial charge in [-0.1, -0.05) is 53.7 Å². The number of nitrogens with zero attached hydrogens (tertiary/aromatic N) is 2. The molecule has 0 amide bonds. The lowest BCUT2D eigenvalue weighted by molar-refractivity contribution is 0.0542. The predicted molar refractivity (Wildman–Crippen MR) is 114 cm³/mol. The molecule has 0 aromatic heterocycles. The van der Waals surface area contributed by atoms with Crippen LogP contribution in [0.25, 0.3) is 16.8 Å². The van der Waals surface area contributed by atoms with Gasteiger partial charge in [0.05, 0.1) is 12.0 Å². The van der Waals surface area contributed by atoms with Crippen LogP contribution < -0.4 is 9.64 Å². The number of fused-ring (bicyclic) bond motifs is 4. The van der Waals surface area contributed by atoms with E-state index in [9.17, 15) is 4.91 Å². The Hall–Kier alpha value is -3.14. The molecule has 0 saturated carbocycles. The summed E-state index contributed by atoms with van der Waals surface area (Å²) < 4.78 is 6.79. The largest absolute Gasteiger partial charge is 0.463 e. The molecule has 5 rings (SSSR count). The molecule has 3 aromatic rings. The molecule has 0 radical (unpaired) electrons. The maximum Gasteiger partial charge on any atom is 0.212 e. The molecule has 28 heavy (non-hydrogen) atoms. The normalized spacial score (nSPS) is 21.4. The van der Waals surface area contributed by atoms with Gasteiger partial charge >= 0.3 is 0 Å². The molecule has 0 aliphatic carbocycles. The first-order valence-corrected chi connectivity index (χ1v) is 9.65. The summed E-state index contributed by atoms with van der Waals surface area (Å²) in [5.74, 6) is 0.867. The Morgan fingerprint density at radius 1 is 1.00 bits per heavy atom. The first-order valence-electron chi connectivity index (χ1n) is 9.65. The third kappa shape index (κ3) is 2.12. The predicted octanol–water partition coefficient (Wildman–Crippen LogP) is 5.51. The molecule has 2 aliphatic rings. The highest BCUT2D eigenvalue weighted by Crippen LogP contribution is 2.55. The molecule has 140 valence electrons. The zero-order valence-electron chi connectivity index (χ0n) is 16.1. The molecule has 1 atom stereocenters. The van der Waals surface area contributed by atoms with Crippen LogP contribution in [0.3, 0.4) is 0 Å². The van der Waals surface area contributed by atoms with Gasteiger partial charge in [0.2, 0.25) is 5.72 Å². The molecule has 4 heteroatoms. The number of nitroso groups, excluding NO2 is 1. The smallest absolute Gasteiger partial charge is 0.212 e. The highest BCUT2D eigenvalue weighted by atomic mass is 16.5. The molecule has 1 unspecified atom stereocenters. The molecule has 1 spiro atoms. The average molecular weight is 370 g/mol. The highest BCUT2D eigenvalue weighted by molar-refractivity contribution is 5.94. The van der Waals surface area contributed by atoms with Crippen molar-refractivity contribution in [3.8, 4) is 5.75 Å². The van der Waals surface area contributed by atoms with Gasteiger partial charge in [-0.05, 0) is 54.5 Å². The van der Waals surface area contributed by atoms with Crippen LogP contribution in [0.15, 0.2) is 71.9 Å². The SMILES string of the molecule is CC1(C)c2ccccc2N(CCN=O)C12C=Cc1c(ccc3ccccc13)O2. The number of benzene rings is 3. The van der Waals surface area contributed by atoms with Crippen molar-refractivity contribution in [1.82, 2.24) is 0 Å². The van der Waals surface area contributed by atoms with Crippen molar-refractivity contribution in [1.29, 1.82) is 0 Å². The number of ether oxygens (including phenoxy) is 1. The number of para-hydroxylation sites is 1. The second-order valence-corrected chi connectivity index (χ2v) is 7.98. The lowest BCUT2D eigenvalue weighted by Crippen LogP contribution is -2.60. The van der Waals surface area contributed by atoms with Crippen molar-refractivity contribution < 1.29 is 4.74 Å². The Bertz CT molecular complexity index is 1120. The molecule has 0 fully saturated rings. The van der Waals surface area contributed by atoms with Gasteiger partial charge in [-0.25, -0.2) is 0 Å². The standard InChI is InChI=1S/C24H22N2O2/c1-23(2)20-9-5-6-10-21(20)26(16-15-25-27)24(23)14-13-19-18-8-4-3-7-17(18)11-12-22(19)28-24/h3-14H,15-16H2,1-2H3. The van der Waals surface area contributed by atoms with Gasteiger partial charge in [0.15, 0.2) is 0 Å². The summed E-state index contributed by atoms with van der Waals surface area (Å²) in [4.78, 5) is 13.1. The molecule has 0 N–H and O–H groups in total. The minimum atomic E-state index is -0.698. The Morgan fingerprint density at radius 2 is 1.79 bits per heavy atom. The molecule has 3 aromatic carbocycles. The molecule has 4 nitrogen and oxygen atoms in total. The van der Waals surface area contributed by atoms with Crippen LogP contribution in [0.2, 0.25) is 0 Å². The number of rotatable bonds is 3. The van der Waals surface area contributed by atoms with Crippen LogP contribution in [-0.4, -0.2) is 18.8 Å². The van der Waals surface area contributed by atoms with Gasteiger partial charge in [-0.15, -0.1) is 0 Å². The third-order valence-corrected chi connectivity index (χ3v) is 6.25. The fraction of sp³-hybridized carbons (Fsp3) is 0.250. The van der Waals surface area contributed by atoms with Gasteiger partial charge in [0, 0.05) is 17.8 Å². The summed E-state index contributed by atoms with van der Waals surface area (Å²) in [6.45, 7) is 5.14. The minimum absolute atomic E-state index is 0.216. The lowest BCUT2D eigenvalue weighted by atomic mass is 9.76. The Morgan fingerprint density at radius 3 is 2.64 bits per heavy atom. The summed E-state index contributed by atoms with van der Waals surface area (Å²) in [6, 6.07) is 20.8. The van der Waals surface area contributed by atoms with Crippen molar-refractivity contribution >= 4 is 22.5 Å². The van der Waals surface area contributed by atoms with Gasteiger partial charge in [0.1, 0.15) is 5.75 Å². The van der Waals surface area contributed by atoms with E-state index in [1.165, 1.54) is 16.3 Å². The maximum absolute atomic E-state index is 10.9. The van der Waals surface area contributed by atoms with Gasteiger partial charge in [-0.3, -0.25) is 0 Å². The Balaban J connectivity index is 1.70. The molecule has 0 bridgehead atoms. The summed E-state index contributed by atoms with van der Waals surface area (Å²) in [6.07, 6.45) is 4.34. The number of hydrogen-bond acceptors (Lipinski definition) is 4. The molecule has 2 aliphatic heterocycles. The zero-order valence-corrected chi connectivity index (χ0v) is 16.1. The van der Waals surface area contributed by atoms with E-state index < -0.39 is 5.72 Å². The van der Waals surface area contributed by atoms with Crippen LogP contribution in [-0.2, 0) is 5.41 Å². The van der Waals surface area contributed by atoms with Crippen LogP contribution in [0.1, 0.15) is 25.0 Å². The fourth-order valence-electron chi connectivity index (χ4n) is 4.79. The number of hydrogen-bond donors (Lipinski definition) is 0. The van der Waals surface area contributed by atoms with E-state index in [-0.39, 0.29) is 12.0 Å². The van der Waals surface area contributed by atoms with E-state index in [2.05, 4.69) is 90.7 Å². The van der Waals surface area contributed by atoms with E-state index in [0.717, 1.165) is 17.0 Å². The van der Waals surface area contributed by atoms with Crippen molar-refractivity contribution in [3.05, 3.63) is 82.8 Å². The second-order valence-electron chi connectivity index (χ2n) is 7.98. The van der Waals surface area contributed by atoms with Crippen LogP contribution >= 0.6 is 0 Å². The first-order chi connectivity index (χ1) is 13.6. The van der Waals surface area contributed by atoms with E-state index in [1.807, 2.05) is 6.07 Å². The Labute approximate surface area is 164 Å². The average Bonchev–Trinajstić information content (AvgIpc) is 2.90. The van der Waals surface area contributed by atoms with Crippen LogP contribution in [0, 0.1) is 4.91 Å². The monoisotopic (exact) mass is 370 g/mol. The van der Waals surface area contributed by atoms with Gasteiger partial charge < -0.3 is 9.64 Å². The summed E-state index contributed by atoms with van der Waals surface area (Å²) in [5, 5.41) is 5.49. The van der Waals surface area contributed by atoms with Crippen molar-refractivity contribution in [2.24, 2.45) is 5.18 Å². The topological polar surface area (TPSA) is 41.9 Å². The summed E-state index contributed by atoms with van der Waals surface area (Å²) in [5.41, 5.74) is 2.42. The van der Waals surface area contributed by atoms with E-state index in [1.54, 1.807) is 0 Å². The number of anilines is 1. The van der Waals surface area contributed by atoms with Crippen LogP contribution in [0.4, 0.5) is 5.69 Å². The minimum Gasteiger partial charge on any atom is -0.463 e.